The lowest BCUT2D eigenvalue weighted by Gasteiger charge is -2.35. The standard InChI is InChI=1S/C13H25N3O4/c1-12(2,16(3)4)9-14-11(19)15-13(10(17)18)5-7-20-8-6-13/h5-9H2,1-4H3,(H,17,18)(H2,14,15,19). The minimum absolute atomic E-state index is 0.205. The molecule has 0 aromatic rings. The lowest BCUT2D eigenvalue weighted by atomic mass is 9.90. The molecule has 0 aromatic heterocycles. The second-order valence-corrected chi connectivity index (χ2v) is 6.01. The Morgan fingerprint density at radius 2 is 1.85 bits per heavy atom. The van der Waals surface area contributed by atoms with Crippen molar-refractivity contribution in [2.75, 3.05) is 33.9 Å². The van der Waals surface area contributed by atoms with Crippen LogP contribution in [0.4, 0.5) is 4.79 Å². The number of hydrogen-bond donors (Lipinski definition) is 3. The van der Waals surface area contributed by atoms with Crippen LogP contribution in [0.15, 0.2) is 0 Å². The summed E-state index contributed by atoms with van der Waals surface area (Å²) >= 11 is 0. The third-order valence-corrected chi connectivity index (χ3v) is 4.00. The van der Waals surface area contributed by atoms with E-state index in [1.165, 1.54) is 0 Å². The minimum atomic E-state index is -1.22. The lowest BCUT2D eigenvalue weighted by Crippen LogP contribution is -2.61. The molecule has 1 rings (SSSR count). The number of nitrogens with one attached hydrogen (secondary N) is 2. The van der Waals surface area contributed by atoms with Crippen LogP contribution in [0, 0.1) is 0 Å². The Labute approximate surface area is 119 Å². The number of carbonyl (C=O) groups excluding carboxylic acids is 1. The SMILES string of the molecule is CN(C)C(C)(C)CNC(=O)NC1(C(=O)O)CCOCC1. The van der Waals surface area contributed by atoms with Crippen LogP contribution in [0.5, 0.6) is 0 Å². The van der Waals surface area contributed by atoms with Crippen molar-refractivity contribution in [1.29, 1.82) is 0 Å². The zero-order valence-electron chi connectivity index (χ0n) is 12.7. The Balaban J connectivity index is 2.57. The van der Waals surface area contributed by atoms with Gasteiger partial charge in [0.15, 0.2) is 0 Å². The van der Waals surface area contributed by atoms with Gasteiger partial charge in [0.05, 0.1) is 0 Å². The van der Waals surface area contributed by atoms with E-state index in [-0.39, 0.29) is 18.4 Å². The molecular weight excluding hydrogens is 262 g/mol. The van der Waals surface area contributed by atoms with Crippen LogP contribution in [0.25, 0.3) is 0 Å². The summed E-state index contributed by atoms with van der Waals surface area (Å²) in [6, 6.07) is -0.454. The number of carboxylic acids is 1. The highest BCUT2D eigenvalue weighted by molar-refractivity contribution is 5.86. The maximum Gasteiger partial charge on any atom is 0.329 e. The van der Waals surface area contributed by atoms with E-state index in [4.69, 9.17) is 4.74 Å². The van der Waals surface area contributed by atoms with Gasteiger partial charge >= 0.3 is 12.0 Å². The quantitative estimate of drug-likeness (QED) is 0.675. The Hall–Kier alpha value is -1.34. The summed E-state index contributed by atoms with van der Waals surface area (Å²) in [5.74, 6) is -1.01. The van der Waals surface area contributed by atoms with Crippen LogP contribution < -0.4 is 10.6 Å². The topological polar surface area (TPSA) is 90.9 Å². The van der Waals surface area contributed by atoms with E-state index >= 15 is 0 Å². The maximum absolute atomic E-state index is 11.9. The number of amides is 2. The average molecular weight is 287 g/mol. The molecule has 0 bridgehead atoms. The van der Waals surface area contributed by atoms with Crippen LogP contribution >= 0.6 is 0 Å². The van der Waals surface area contributed by atoms with Crippen LogP contribution in [0.2, 0.25) is 0 Å². The van der Waals surface area contributed by atoms with Crippen LogP contribution in [0.3, 0.4) is 0 Å². The lowest BCUT2D eigenvalue weighted by molar-refractivity contribution is -0.148. The van der Waals surface area contributed by atoms with Crippen LogP contribution in [-0.4, -0.2) is 66.9 Å². The first kappa shape index (κ1) is 16.7. The van der Waals surface area contributed by atoms with E-state index in [1.54, 1.807) is 0 Å². The normalized spacial score (nSPS) is 18.6. The molecule has 1 fully saturated rings. The summed E-state index contributed by atoms with van der Waals surface area (Å²) in [6.07, 6.45) is 0.569. The number of nitrogens with zero attached hydrogens (tertiary/aromatic N) is 1. The van der Waals surface area contributed by atoms with Gasteiger partial charge in [0, 0.05) is 38.1 Å². The van der Waals surface area contributed by atoms with Gasteiger partial charge in [-0.05, 0) is 27.9 Å². The third-order valence-electron chi connectivity index (χ3n) is 4.00. The number of urea groups is 1. The van der Waals surface area contributed by atoms with Gasteiger partial charge in [-0.1, -0.05) is 0 Å². The van der Waals surface area contributed by atoms with Crippen LogP contribution in [-0.2, 0) is 9.53 Å². The number of rotatable bonds is 5. The fraction of sp³-hybridized carbons (Fsp3) is 0.846. The number of aliphatic carboxylic acids is 1. The molecular formula is C13H25N3O4. The zero-order valence-corrected chi connectivity index (χ0v) is 12.7. The monoisotopic (exact) mass is 287 g/mol. The number of hydrogen-bond acceptors (Lipinski definition) is 4. The van der Waals surface area contributed by atoms with Gasteiger partial charge in [-0.15, -0.1) is 0 Å². The molecule has 0 unspecified atom stereocenters. The van der Waals surface area contributed by atoms with Crippen molar-refractivity contribution >= 4 is 12.0 Å². The van der Waals surface area contributed by atoms with Crippen molar-refractivity contribution in [2.45, 2.75) is 37.8 Å². The van der Waals surface area contributed by atoms with Crippen molar-refractivity contribution in [1.82, 2.24) is 15.5 Å². The van der Waals surface area contributed by atoms with Gasteiger partial charge in [-0.3, -0.25) is 0 Å². The van der Waals surface area contributed by atoms with Crippen molar-refractivity contribution in [3.05, 3.63) is 0 Å². The largest absolute Gasteiger partial charge is 0.480 e. The minimum Gasteiger partial charge on any atom is -0.480 e. The first-order chi connectivity index (χ1) is 9.19. The van der Waals surface area contributed by atoms with Gasteiger partial charge in [0.1, 0.15) is 5.54 Å². The molecule has 2 amide bonds. The first-order valence-electron chi connectivity index (χ1n) is 6.74. The Morgan fingerprint density at radius 3 is 2.30 bits per heavy atom. The highest BCUT2D eigenvalue weighted by Gasteiger charge is 2.41. The molecule has 0 radical (unpaired) electrons. The number of ether oxygens (including phenoxy) is 1. The summed E-state index contributed by atoms with van der Waals surface area (Å²) in [4.78, 5) is 25.4. The molecule has 7 heteroatoms. The predicted octanol–water partition coefficient (Wildman–Crippen LogP) is 0.260. The molecule has 0 saturated carbocycles. The van der Waals surface area contributed by atoms with Gasteiger partial charge in [-0.25, -0.2) is 9.59 Å². The smallest absolute Gasteiger partial charge is 0.329 e. The van der Waals surface area contributed by atoms with Crippen LogP contribution in [0.1, 0.15) is 26.7 Å². The van der Waals surface area contributed by atoms with E-state index < -0.39 is 17.5 Å². The van der Waals surface area contributed by atoms with Gasteiger partial charge in [-0.2, -0.15) is 0 Å². The van der Waals surface area contributed by atoms with E-state index in [9.17, 15) is 14.7 Å². The summed E-state index contributed by atoms with van der Waals surface area (Å²) in [5.41, 5.74) is -1.42. The molecule has 0 aliphatic carbocycles. The van der Waals surface area contributed by atoms with E-state index in [1.807, 2.05) is 32.8 Å². The Bertz CT molecular complexity index is 363. The summed E-state index contributed by atoms with van der Waals surface area (Å²) in [5, 5.41) is 14.7. The molecule has 1 aliphatic rings. The molecule has 0 atom stereocenters. The fourth-order valence-electron chi connectivity index (χ4n) is 1.83. The molecule has 20 heavy (non-hydrogen) atoms. The van der Waals surface area contributed by atoms with E-state index in [0.29, 0.717) is 19.8 Å². The van der Waals surface area contributed by atoms with Gasteiger partial charge in [0.25, 0.3) is 0 Å². The Morgan fingerprint density at radius 1 is 1.30 bits per heavy atom. The van der Waals surface area contributed by atoms with Crippen molar-refractivity contribution < 1.29 is 19.4 Å². The number of carboxylic acid groups (broad SMARTS) is 1. The van der Waals surface area contributed by atoms with E-state index in [2.05, 4.69) is 10.6 Å². The third kappa shape index (κ3) is 4.08. The highest BCUT2D eigenvalue weighted by atomic mass is 16.5. The number of carbonyl (C=O) groups is 2. The molecule has 116 valence electrons. The highest BCUT2D eigenvalue weighted by Crippen LogP contribution is 2.21. The zero-order chi connectivity index (χ0) is 15.4. The second kappa shape index (κ2) is 6.41. The molecule has 1 saturated heterocycles. The summed E-state index contributed by atoms with van der Waals surface area (Å²) in [7, 11) is 3.85. The summed E-state index contributed by atoms with van der Waals surface area (Å²) < 4.78 is 5.16. The molecule has 7 nitrogen and oxygen atoms in total. The Kier molecular flexibility index (Phi) is 5.35. The fourth-order valence-corrected chi connectivity index (χ4v) is 1.83. The molecule has 0 aromatic carbocycles. The summed E-state index contributed by atoms with van der Waals surface area (Å²) in [6.45, 7) is 5.10. The van der Waals surface area contributed by atoms with Gasteiger partial charge < -0.3 is 25.4 Å². The molecule has 1 heterocycles. The second-order valence-electron chi connectivity index (χ2n) is 6.01. The predicted molar refractivity (Wildman–Crippen MR) is 74.7 cm³/mol. The first-order valence-corrected chi connectivity index (χ1v) is 6.74. The van der Waals surface area contributed by atoms with Crippen molar-refractivity contribution in [3.63, 3.8) is 0 Å². The maximum atomic E-state index is 11.9. The average Bonchev–Trinajstić information content (AvgIpc) is 2.37. The molecule has 0 spiro atoms. The van der Waals surface area contributed by atoms with Crippen molar-refractivity contribution in [2.24, 2.45) is 0 Å². The van der Waals surface area contributed by atoms with Crippen molar-refractivity contribution in [3.8, 4) is 0 Å². The van der Waals surface area contributed by atoms with E-state index in [0.717, 1.165) is 0 Å². The molecule has 1 aliphatic heterocycles. The van der Waals surface area contributed by atoms with Gasteiger partial charge in [0.2, 0.25) is 0 Å². The molecule has 3 N–H and O–H groups in total. The number of likely N-dealkylation sites (N-methyl/N-ethyl adjacent to an activating group) is 1.